The summed E-state index contributed by atoms with van der Waals surface area (Å²) in [5, 5.41) is 16.0. The molecular formula is C15H20N2O2. The Bertz CT molecular complexity index is 491. The van der Waals surface area contributed by atoms with Gasteiger partial charge in [-0.15, -0.1) is 0 Å². The van der Waals surface area contributed by atoms with Gasteiger partial charge in [-0.25, -0.2) is 5.01 Å². The molecule has 19 heavy (non-hydrogen) atoms. The van der Waals surface area contributed by atoms with E-state index in [0.717, 1.165) is 5.56 Å². The highest BCUT2D eigenvalue weighted by atomic mass is 16.3. The lowest BCUT2D eigenvalue weighted by atomic mass is 9.81. The third-order valence-electron chi connectivity index (χ3n) is 3.56. The minimum atomic E-state index is -1.24. The smallest absolute Gasteiger partial charge is 0.249 e. The molecule has 0 radical (unpaired) electrons. The van der Waals surface area contributed by atoms with E-state index in [4.69, 9.17) is 0 Å². The second kappa shape index (κ2) is 4.78. The summed E-state index contributed by atoms with van der Waals surface area (Å²) in [7, 11) is 0. The average molecular weight is 260 g/mol. The van der Waals surface area contributed by atoms with E-state index in [1.807, 2.05) is 51.1 Å². The van der Waals surface area contributed by atoms with Gasteiger partial charge in [0.15, 0.2) is 5.72 Å². The molecule has 0 aliphatic carbocycles. The number of aliphatic hydroxyl groups is 1. The molecule has 102 valence electrons. The van der Waals surface area contributed by atoms with E-state index in [1.165, 1.54) is 5.01 Å². The number of rotatable bonds is 2. The van der Waals surface area contributed by atoms with Gasteiger partial charge in [0, 0.05) is 18.1 Å². The normalized spacial score (nSPS) is 22.8. The van der Waals surface area contributed by atoms with Crippen molar-refractivity contribution in [2.24, 2.45) is 10.5 Å². The first kappa shape index (κ1) is 13.7. The minimum absolute atomic E-state index is 0.183. The maximum absolute atomic E-state index is 12.3. The van der Waals surface area contributed by atoms with E-state index in [9.17, 15) is 9.90 Å². The van der Waals surface area contributed by atoms with Crippen LogP contribution in [0.3, 0.4) is 0 Å². The SMILES string of the molecule is CC(C)(C)C1(O)CC=NN1C(=O)Cc1ccccc1. The largest absolute Gasteiger partial charge is 0.368 e. The van der Waals surface area contributed by atoms with E-state index in [-0.39, 0.29) is 12.3 Å². The van der Waals surface area contributed by atoms with E-state index < -0.39 is 11.1 Å². The first-order valence-corrected chi connectivity index (χ1v) is 6.46. The fourth-order valence-electron chi connectivity index (χ4n) is 2.17. The van der Waals surface area contributed by atoms with Crippen LogP contribution in [-0.4, -0.2) is 28.0 Å². The lowest BCUT2D eigenvalue weighted by Crippen LogP contribution is -2.55. The molecule has 0 saturated carbocycles. The monoisotopic (exact) mass is 260 g/mol. The number of hydrogen-bond acceptors (Lipinski definition) is 3. The van der Waals surface area contributed by atoms with Crippen molar-refractivity contribution >= 4 is 12.1 Å². The van der Waals surface area contributed by atoms with Crippen LogP contribution in [-0.2, 0) is 11.2 Å². The predicted molar refractivity (Wildman–Crippen MR) is 74.5 cm³/mol. The first-order chi connectivity index (χ1) is 8.84. The molecule has 0 fully saturated rings. The van der Waals surface area contributed by atoms with Crippen molar-refractivity contribution in [2.75, 3.05) is 0 Å². The first-order valence-electron chi connectivity index (χ1n) is 6.46. The summed E-state index contributed by atoms with van der Waals surface area (Å²) in [6.07, 6.45) is 2.22. The molecule has 1 aliphatic rings. The van der Waals surface area contributed by atoms with Crippen LogP contribution in [0.25, 0.3) is 0 Å². The van der Waals surface area contributed by atoms with Gasteiger partial charge in [-0.1, -0.05) is 51.1 Å². The third-order valence-corrected chi connectivity index (χ3v) is 3.56. The van der Waals surface area contributed by atoms with Crippen molar-refractivity contribution in [1.29, 1.82) is 0 Å². The average Bonchev–Trinajstić information content (AvgIpc) is 2.73. The van der Waals surface area contributed by atoms with Gasteiger partial charge < -0.3 is 5.11 Å². The summed E-state index contributed by atoms with van der Waals surface area (Å²) >= 11 is 0. The molecule has 4 heteroatoms. The minimum Gasteiger partial charge on any atom is -0.368 e. The van der Waals surface area contributed by atoms with Gasteiger partial charge in [0.2, 0.25) is 5.91 Å². The molecule has 2 rings (SSSR count). The molecule has 1 N–H and O–H groups in total. The van der Waals surface area contributed by atoms with Crippen molar-refractivity contribution in [3.63, 3.8) is 0 Å². The zero-order chi connectivity index (χ0) is 14.1. The van der Waals surface area contributed by atoms with Gasteiger partial charge in [-0.05, 0) is 5.56 Å². The Kier molecular flexibility index (Phi) is 3.45. The number of amides is 1. The fourth-order valence-corrected chi connectivity index (χ4v) is 2.17. The summed E-state index contributed by atoms with van der Waals surface area (Å²) in [5.41, 5.74) is -0.764. The molecule has 0 spiro atoms. The summed E-state index contributed by atoms with van der Waals surface area (Å²) in [5.74, 6) is -0.183. The number of benzene rings is 1. The van der Waals surface area contributed by atoms with Gasteiger partial charge in [0.05, 0.1) is 6.42 Å². The van der Waals surface area contributed by atoms with Crippen LogP contribution < -0.4 is 0 Å². The maximum Gasteiger partial charge on any atom is 0.249 e. The quantitative estimate of drug-likeness (QED) is 0.886. The number of hydrazone groups is 1. The standard InChI is InChI=1S/C15H20N2O2/c1-14(2,3)15(19)9-10-16-17(15)13(18)11-12-7-5-4-6-8-12/h4-8,10,19H,9,11H2,1-3H3. The summed E-state index contributed by atoms with van der Waals surface area (Å²) in [4.78, 5) is 12.3. The van der Waals surface area contributed by atoms with Crippen molar-refractivity contribution in [2.45, 2.75) is 39.3 Å². The summed E-state index contributed by atoms with van der Waals surface area (Å²) in [6.45, 7) is 5.72. The number of nitrogens with zero attached hydrogens (tertiary/aromatic N) is 2. The highest BCUT2D eigenvalue weighted by Gasteiger charge is 2.49. The predicted octanol–water partition coefficient (Wildman–Crippen LogP) is 2.18. The zero-order valence-electron chi connectivity index (χ0n) is 11.6. The highest BCUT2D eigenvalue weighted by molar-refractivity contribution is 5.82. The molecule has 0 bridgehead atoms. The molecule has 1 unspecified atom stereocenters. The summed E-state index contributed by atoms with van der Waals surface area (Å²) in [6, 6.07) is 9.49. The lowest BCUT2D eigenvalue weighted by molar-refractivity contribution is -0.181. The van der Waals surface area contributed by atoms with E-state index >= 15 is 0 Å². The van der Waals surface area contributed by atoms with Crippen LogP contribution in [0.4, 0.5) is 0 Å². The number of carbonyl (C=O) groups excluding carboxylic acids is 1. The maximum atomic E-state index is 12.3. The van der Waals surface area contributed by atoms with Gasteiger partial charge in [0.25, 0.3) is 0 Å². The fraction of sp³-hybridized carbons (Fsp3) is 0.467. The topological polar surface area (TPSA) is 52.9 Å². The molecule has 1 atom stereocenters. The van der Waals surface area contributed by atoms with Gasteiger partial charge in [-0.3, -0.25) is 4.79 Å². The molecule has 1 aromatic rings. The van der Waals surface area contributed by atoms with Gasteiger partial charge in [0.1, 0.15) is 0 Å². The number of carbonyl (C=O) groups is 1. The Labute approximate surface area is 113 Å². The van der Waals surface area contributed by atoms with Crippen LogP contribution in [0.15, 0.2) is 35.4 Å². The molecule has 1 aromatic carbocycles. The Hall–Kier alpha value is -1.68. The van der Waals surface area contributed by atoms with Crippen molar-refractivity contribution in [3.8, 4) is 0 Å². The van der Waals surface area contributed by atoms with Crippen molar-refractivity contribution in [1.82, 2.24) is 5.01 Å². The van der Waals surface area contributed by atoms with Gasteiger partial charge in [-0.2, -0.15) is 5.10 Å². The number of hydrogen-bond donors (Lipinski definition) is 1. The second-order valence-electron chi connectivity index (χ2n) is 5.94. The molecule has 0 aromatic heterocycles. The van der Waals surface area contributed by atoms with Crippen LogP contribution in [0.5, 0.6) is 0 Å². The molecule has 1 aliphatic heterocycles. The Morgan fingerprint density at radius 1 is 1.37 bits per heavy atom. The Morgan fingerprint density at radius 2 is 2.00 bits per heavy atom. The molecule has 1 heterocycles. The second-order valence-corrected chi connectivity index (χ2v) is 5.94. The zero-order valence-corrected chi connectivity index (χ0v) is 11.6. The molecule has 4 nitrogen and oxygen atoms in total. The van der Waals surface area contributed by atoms with E-state index in [1.54, 1.807) is 6.21 Å². The molecule has 1 amide bonds. The van der Waals surface area contributed by atoms with Crippen molar-refractivity contribution < 1.29 is 9.90 Å². The van der Waals surface area contributed by atoms with E-state index in [0.29, 0.717) is 6.42 Å². The third kappa shape index (κ3) is 2.54. The van der Waals surface area contributed by atoms with Gasteiger partial charge >= 0.3 is 0 Å². The Morgan fingerprint density at radius 3 is 2.58 bits per heavy atom. The molecule has 0 saturated heterocycles. The van der Waals surface area contributed by atoms with Crippen LogP contribution in [0, 0.1) is 5.41 Å². The van der Waals surface area contributed by atoms with Crippen molar-refractivity contribution in [3.05, 3.63) is 35.9 Å². The van der Waals surface area contributed by atoms with Crippen LogP contribution in [0.1, 0.15) is 32.8 Å². The molecular weight excluding hydrogens is 240 g/mol. The Balaban J connectivity index is 2.17. The van der Waals surface area contributed by atoms with Crippen LogP contribution in [0.2, 0.25) is 0 Å². The lowest BCUT2D eigenvalue weighted by Gasteiger charge is -2.41. The van der Waals surface area contributed by atoms with Crippen LogP contribution >= 0.6 is 0 Å². The highest BCUT2D eigenvalue weighted by Crippen LogP contribution is 2.39. The summed E-state index contributed by atoms with van der Waals surface area (Å²) < 4.78 is 0. The van der Waals surface area contributed by atoms with E-state index in [2.05, 4.69) is 5.10 Å².